The van der Waals surface area contributed by atoms with Crippen LogP contribution in [0.3, 0.4) is 0 Å². The number of amides is 3. The van der Waals surface area contributed by atoms with Gasteiger partial charge in [0.15, 0.2) is 5.96 Å². The minimum Gasteiger partial charge on any atom is -0.481 e. The number of nitrogens with two attached hydrogens (primary N) is 3. The van der Waals surface area contributed by atoms with Crippen LogP contribution in [0.5, 0.6) is 0 Å². The number of nitrogens with zero attached hydrogens (tertiary/aromatic N) is 1. The van der Waals surface area contributed by atoms with Crippen LogP contribution >= 0.6 is 0 Å². The maximum atomic E-state index is 12.4. The number of aliphatic hydroxyl groups is 1. The molecule has 0 radical (unpaired) electrons. The van der Waals surface area contributed by atoms with Crippen molar-refractivity contribution in [1.29, 1.82) is 0 Å². The van der Waals surface area contributed by atoms with Crippen LogP contribution in [0.4, 0.5) is 0 Å². The number of carboxylic acids is 2. The van der Waals surface area contributed by atoms with Gasteiger partial charge in [-0.3, -0.25) is 24.2 Å². The molecule has 0 aliphatic heterocycles. The zero-order chi connectivity index (χ0) is 24.8. The van der Waals surface area contributed by atoms with Gasteiger partial charge in [0.1, 0.15) is 18.1 Å². The average Bonchev–Trinajstić information content (AvgIpc) is 2.69. The van der Waals surface area contributed by atoms with Crippen LogP contribution in [0.15, 0.2) is 4.99 Å². The predicted molar refractivity (Wildman–Crippen MR) is 111 cm³/mol. The molecule has 0 fully saturated rings. The molecule has 0 aromatic heterocycles. The highest BCUT2D eigenvalue weighted by atomic mass is 16.4. The second-order valence-corrected chi connectivity index (χ2v) is 6.88. The fraction of sp³-hybridized carbons (Fsp3) is 0.647. The second-order valence-electron chi connectivity index (χ2n) is 6.88. The van der Waals surface area contributed by atoms with Gasteiger partial charge in [0.2, 0.25) is 17.7 Å². The number of aliphatic hydroxyl groups excluding tert-OH is 1. The number of carbonyl (C=O) groups is 5. The first-order valence-corrected chi connectivity index (χ1v) is 9.66. The smallest absolute Gasteiger partial charge is 0.326 e. The van der Waals surface area contributed by atoms with Crippen molar-refractivity contribution in [3.05, 3.63) is 0 Å². The molecule has 0 heterocycles. The zero-order valence-corrected chi connectivity index (χ0v) is 17.6. The molecular formula is C17H31N7O8. The first-order chi connectivity index (χ1) is 14.8. The van der Waals surface area contributed by atoms with Gasteiger partial charge in [0.25, 0.3) is 0 Å². The lowest BCUT2D eigenvalue weighted by Crippen LogP contribution is -2.55. The number of hydrogen-bond donors (Lipinski definition) is 9. The lowest BCUT2D eigenvalue weighted by Gasteiger charge is -2.22. The first-order valence-electron chi connectivity index (χ1n) is 9.66. The van der Waals surface area contributed by atoms with Gasteiger partial charge in [-0.2, -0.15) is 0 Å². The van der Waals surface area contributed by atoms with Crippen LogP contribution in [0, 0.1) is 0 Å². The lowest BCUT2D eigenvalue weighted by molar-refractivity contribution is -0.143. The standard InChI is InChI=1S/C17H31N7O8/c1-8(25)13(18)15(30)24-9(3-2-6-21-17(19)20)14(29)22-7-11(26)23-10(16(31)32)4-5-12(27)28/h8-10,13,25H,2-7,18H2,1H3,(H,22,29)(H,23,26)(H,24,30)(H,27,28)(H,31,32)(H4,19,20,21). The molecule has 15 nitrogen and oxygen atoms in total. The van der Waals surface area contributed by atoms with Gasteiger partial charge in [0, 0.05) is 13.0 Å². The third-order valence-corrected chi connectivity index (χ3v) is 4.10. The molecule has 0 spiro atoms. The molecule has 0 aliphatic carbocycles. The summed E-state index contributed by atoms with van der Waals surface area (Å²) in [5.41, 5.74) is 16.0. The number of nitrogens with one attached hydrogen (secondary N) is 3. The number of aliphatic carboxylic acids is 2. The zero-order valence-electron chi connectivity index (χ0n) is 17.6. The van der Waals surface area contributed by atoms with Crippen molar-refractivity contribution in [3.63, 3.8) is 0 Å². The normalized spacial score (nSPS) is 14.2. The maximum Gasteiger partial charge on any atom is 0.326 e. The fourth-order valence-electron chi connectivity index (χ4n) is 2.32. The van der Waals surface area contributed by atoms with Crippen LogP contribution in [0.25, 0.3) is 0 Å². The number of rotatable bonds is 15. The fourth-order valence-corrected chi connectivity index (χ4v) is 2.32. The van der Waals surface area contributed by atoms with E-state index in [-0.39, 0.29) is 31.8 Å². The SMILES string of the molecule is CC(O)C(N)C(=O)NC(CCCN=C(N)N)C(=O)NCC(=O)NC(CCC(=O)O)C(=O)O. The summed E-state index contributed by atoms with van der Waals surface area (Å²) < 4.78 is 0. The van der Waals surface area contributed by atoms with Gasteiger partial charge >= 0.3 is 11.9 Å². The average molecular weight is 461 g/mol. The summed E-state index contributed by atoms with van der Waals surface area (Å²) in [5, 5.41) is 33.8. The Morgan fingerprint density at radius 3 is 2.09 bits per heavy atom. The lowest BCUT2D eigenvalue weighted by atomic mass is 10.1. The van der Waals surface area contributed by atoms with E-state index in [1.165, 1.54) is 6.92 Å². The van der Waals surface area contributed by atoms with Crippen LogP contribution < -0.4 is 33.2 Å². The Morgan fingerprint density at radius 1 is 0.969 bits per heavy atom. The molecule has 4 unspecified atom stereocenters. The molecule has 3 amide bonds. The summed E-state index contributed by atoms with van der Waals surface area (Å²) in [6.45, 7) is 0.832. The molecule has 0 aromatic rings. The summed E-state index contributed by atoms with van der Waals surface area (Å²) in [6.07, 6.45) is -1.64. The van der Waals surface area contributed by atoms with Crippen molar-refractivity contribution in [1.82, 2.24) is 16.0 Å². The summed E-state index contributed by atoms with van der Waals surface area (Å²) in [6, 6.07) is -3.89. The Morgan fingerprint density at radius 2 is 1.59 bits per heavy atom. The van der Waals surface area contributed by atoms with E-state index in [4.69, 9.17) is 27.4 Å². The highest BCUT2D eigenvalue weighted by Crippen LogP contribution is 2.01. The molecule has 15 heteroatoms. The number of carboxylic acid groups (broad SMARTS) is 2. The van der Waals surface area contributed by atoms with Gasteiger partial charge in [-0.15, -0.1) is 0 Å². The molecular weight excluding hydrogens is 430 g/mol. The molecule has 0 rings (SSSR count). The molecule has 182 valence electrons. The van der Waals surface area contributed by atoms with E-state index < -0.39 is 66.9 Å². The third-order valence-electron chi connectivity index (χ3n) is 4.10. The summed E-state index contributed by atoms with van der Waals surface area (Å²) >= 11 is 0. The highest BCUT2D eigenvalue weighted by molar-refractivity contribution is 5.92. The minimum absolute atomic E-state index is 0.0683. The predicted octanol–water partition coefficient (Wildman–Crippen LogP) is -4.22. The number of hydrogen-bond acceptors (Lipinski definition) is 8. The van der Waals surface area contributed by atoms with Gasteiger partial charge in [-0.1, -0.05) is 0 Å². The molecule has 0 aliphatic rings. The van der Waals surface area contributed by atoms with E-state index in [0.717, 1.165) is 0 Å². The Hall–Kier alpha value is -3.46. The van der Waals surface area contributed by atoms with Gasteiger partial charge in [0.05, 0.1) is 12.6 Å². The maximum absolute atomic E-state index is 12.4. The van der Waals surface area contributed by atoms with Crippen molar-refractivity contribution in [2.75, 3.05) is 13.1 Å². The molecule has 0 aromatic carbocycles. The highest BCUT2D eigenvalue weighted by Gasteiger charge is 2.26. The van der Waals surface area contributed by atoms with Crippen LogP contribution in [-0.2, 0) is 24.0 Å². The molecule has 32 heavy (non-hydrogen) atoms. The van der Waals surface area contributed by atoms with Crippen LogP contribution in [0.1, 0.15) is 32.6 Å². The van der Waals surface area contributed by atoms with Gasteiger partial charge < -0.3 is 48.5 Å². The number of carbonyl (C=O) groups excluding carboxylic acids is 3. The summed E-state index contributed by atoms with van der Waals surface area (Å²) in [7, 11) is 0. The Kier molecular flexibility index (Phi) is 13.0. The van der Waals surface area contributed by atoms with Crippen molar-refractivity contribution in [3.8, 4) is 0 Å². The topological polar surface area (TPSA) is 273 Å². The van der Waals surface area contributed by atoms with Crippen molar-refractivity contribution in [2.45, 2.75) is 56.8 Å². The Balaban J connectivity index is 4.96. The monoisotopic (exact) mass is 461 g/mol. The van der Waals surface area contributed by atoms with Crippen molar-refractivity contribution >= 4 is 35.6 Å². The van der Waals surface area contributed by atoms with Gasteiger partial charge in [-0.05, 0) is 26.2 Å². The largest absolute Gasteiger partial charge is 0.481 e. The van der Waals surface area contributed by atoms with E-state index in [1.807, 2.05) is 0 Å². The van der Waals surface area contributed by atoms with E-state index >= 15 is 0 Å². The van der Waals surface area contributed by atoms with Crippen molar-refractivity contribution < 1.29 is 39.3 Å². The van der Waals surface area contributed by atoms with E-state index in [2.05, 4.69) is 20.9 Å². The summed E-state index contributed by atoms with van der Waals surface area (Å²) in [4.78, 5) is 62.0. The van der Waals surface area contributed by atoms with Gasteiger partial charge in [-0.25, -0.2) is 4.79 Å². The molecule has 0 saturated heterocycles. The molecule has 12 N–H and O–H groups in total. The third kappa shape index (κ3) is 12.3. The molecule has 4 atom stereocenters. The van der Waals surface area contributed by atoms with E-state index in [1.54, 1.807) is 0 Å². The molecule has 0 saturated carbocycles. The molecule has 0 bridgehead atoms. The quantitative estimate of drug-likeness (QED) is 0.0640. The van der Waals surface area contributed by atoms with Crippen LogP contribution in [0.2, 0.25) is 0 Å². The number of aliphatic imine (C=N–C) groups is 1. The van der Waals surface area contributed by atoms with E-state index in [0.29, 0.717) is 0 Å². The first kappa shape index (κ1) is 28.5. The second kappa shape index (κ2) is 14.5. The van der Waals surface area contributed by atoms with Crippen LogP contribution in [-0.4, -0.2) is 88.3 Å². The number of guanidine groups is 1. The van der Waals surface area contributed by atoms with E-state index in [9.17, 15) is 29.1 Å². The Labute approximate surface area is 183 Å². The Bertz CT molecular complexity index is 709. The summed E-state index contributed by atoms with van der Waals surface area (Å²) in [5.74, 6) is -5.25. The minimum atomic E-state index is -1.45. The van der Waals surface area contributed by atoms with Crippen molar-refractivity contribution in [2.24, 2.45) is 22.2 Å².